The van der Waals surface area contributed by atoms with Gasteiger partial charge in [-0.1, -0.05) is 50.2 Å². The predicted molar refractivity (Wildman–Crippen MR) is 171 cm³/mol. The highest BCUT2D eigenvalue weighted by molar-refractivity contribution is 6.00. The van der Waals surface area contributed by atoms with Crippen LogP contribution in [0.4, 0.5) is 5.69 Å². The number of nitrogens with two attached hydrogens (primary N) is 1. The Hall–Kier alpha value is -5.09. The standard InChI is InChI=1S/C34H37N5O5/c1-20(2)15-30(34(42)43)39-32(40)21-11-12-29(31(17-21)44-14-13-22-18-36-27-9-5-3-7-24(22)27)38-33(41)26(35)16-23-19-37-28-10-6-4-8-25(23)28/h3-12,17-20,26,30,36-37H,13-16,35H2,1-2H3,(H,38,41)(H,39,40)(H,42,43)/t26-,30-/m0/s1. The topological polar surface area (TPSA) is 162 Å². The summed E-state index contributed by atoms with van der Waals surface area (Å²) in [6.45, 7) is 4.05. The van der Waals surface area contributed by atoms with E-state index in [1.54, 1.807) is 6.07 Å². The first-order valence-electron chi connectivity index (χ1n) is 14.7. The molecular formula is C34H37N5O5. The van der Waals surface area contributed by atoms with Crippen molar-refractivity contribution < 1.29 is 24.2 Å². The van der Waals surface area contributed by atoms with Gasteiger partial charge >= 0.3 is 5.97 Å². The highest BCUT2D eigenvalue weighted by atomic mass is 16.5. The maximum atomic E-state index is 13.2. The first kappa shape index (κ1) is 30.4. The number of aromatic nitrogens is 2. The van der Waals surface area contributed by atoms with Crippen LogP contribution in [-0.2, 0) is 22.4 Å². The molecule has 0 radical (unpaired) electrons. The number of carbonyl (C=O) groups is 3. The van der Waals surface area contributed by atoms with E-state index in [9.17, 15) is 19.5 Å². The maximum absolute atomic E-state index is 13.2. The Morgan fingerprint density at radius 3 is 2.20 bits per heavy atom. The highest BCUT2D eigenvalue weighted by Crippen LogP contribution is 2.28. The van der Waals surface area contributed by atoms with Crippen LogP contribution in [-0.4, -0.2) is 51.5 Å². The van der Waals surface area contributed by atoms with Crippen molar-refractivity contribution in [2.75, 3.05) is 11.9 Å². The first-order valence-corrected chi connectivity index (χ1v) is 14.7. The summed E-state index contributed by atoms with van der Waals surface area (Å²) in [7, 11) is 0. The Labute approximate surface area is 255 Å². The van der Waals surface area contributed by atoms with Gasteiger partial charge in [-0.3, -0.25) is 9.59 Å². The van der Waals surface area contributed by atoms with E-state index in [4.69, 9.17) is 10.5 Å². The Bertz CT molecular complexity index is 1790. The smallest absolute Gasteiger partial charge is 0.326 e. The Morgan fingerprint density at radius 1 is 0.909 bits per heavy atom. The fourth-order valence-corrected chi connectivity index (χ4v) is 5.29. The summed E-state index contributed by atoms with van der Waals surface area (Å²) >= 11 is 0. The van der Waals surface area contributed by atoms with Crippen molar-refractivity contribution in [1.29, 1.82) is 0 Å². The predicted octanol–water partition coefficient (Wildman–Crippen LogP) is 5.01. The third-order valence-corrected chi connectivity index (χ3v) is 7.57. The molecule has 228 valence electrons. The van der Waals surface area contributed by atoms with Gasteiger partial charge in [0.15, 0.2) is 0 Å². The van der Waals surface area contributed by atoms with Crippen molar-refractivity contribution >= 4 is 45.3 Å². The van der Waals surface area contributed by atoms with Gasteiger partial charge in [-0.25, -0.2) is 4.79 Å². The number of aromatic amines is 2. The van der Waals surface area contributed by atoms with Crippen LogP contribution in [0.1, 0.15) is 41.8 Å². The summed E-state index contributed by atoms with van der Waals surface area (Å²) in [5.74, 6) is -1.70. The van der Waals surface area contributed by atoms with E-state index in [1.165, 1.54) is 12.1 Å². The van der Waals surface area contributed by atoms with E-state index in [0.29, 0.717) is 18.5 Å². The van der Waals surface area contributed by atoms with Crippen LogP contribution in [0, 0.1) is 5.92 Å². The van der Waals surface area contributed by atoms with Crippen LogP contribution in [0.3, 0.4) is 0 Å². The molecule has 0 aliphatic carbocycles. The summed E-state index contributed by atoms with van der Waals surface area (Å²) in [5.41, 5.74) is 10.9. The van der Waals surface area contributed by atoms with Crippen LogP contribution in [0.2, 0.25) is 0 Å². The minimum Gasteiger partial charge on any atom is -0.491 e. The molecule has 2 aromatic heterocycles. The van der Waals surface area contributed by atoms with Gasteiger partial charge in [0, 0.05) is 46.2 Å². The molecule has 2 atom stereocenters. The van der Waals surface area contributed by atoms with Crippen LogP contribution in [0.15, 0.2) is 79.1 Å². The molecule has 0 fully saturated rings. The minimum atomic E-state index is -1.10. The number of benzene rings is 3. The lowest BCUT2D eigenvalue weighted by molar-refractivity contribution is -0.139. The lowest BCUT2D eigenvalue weighted by Crippen LogP contribution is -2.41. The van der Waals surface area contributed by atoms with Crippen LogP contribution >= 0.6 is 0 Å². The Balaban J connectivity index is 1.34. The molecule has 5 rings (SSSR count). The zero-order valence-electron chi connectivity index (χ0n) is 24.7. The molecule has 0 unspecified atom stereocenters. The number of para-hydroxylation sites is 2. The number of rotatable bonds is 13. The van der Waals surface area contributed by atoms with Gasteiger partial charge in [-0.2, -0.15) is 0 Å². The highest BCUT2D eigenvalue weighted by Gasteiger charge is 2.23. The van der Waals surface area contributed by atoms with Crippen LogP contribution < -0.4 is 21.1 Å². The molecule has 0 spiro atoms. The molecule has 0 saturated carbocycles. The molecule has 10 nitrogen and oxygen atoms in total. The number of nitrogens with one attached hydrogen (secondary N) is 4. The molecule has 0 aliphatic rings. The monoisotopic (exact) mass is 595 g/mol. The number of anilines is 1. The van der Waals surface area contributed by atoms with Crippen LogP contribution in [0.25, 0.3) is 21.8 Å². The lowest BCUT2D eigenvalue weighted by Gasteiger charge is -2.18. The summed E-state index contributed by atoms with van der Waals surface area (Å²) in [4.78, 5) is 44.5. The number of aliphatic carboxylic acids is 1. The second kappa shape index (κ2) is 13.5. The summed E-state index contributed by atoms with van der Waals surface area (Å²) in [6, 6.07) is 18.5. The molecule has 10 heteroatoms. The molecular weight excluding hydrogens is 558 g/mol. The number of fused-ring (bicyclic) bond motifs is 2. The fourth-order valence-electron chi connectivity index (χ4n) is 5.29. The zero-order valence-corrected chi connectivity index (χ0v) is 24.7. The second-order valence-electron chi connectivity index (χ2n) is 11.3. The number of carboxylic acid groups (broad SMARTS) is 1. The van der Waals surface area contributed by atoms with Crippen molar-refractivity contribution in [3.8, 4) is 5.75 Å². The third-order valence-electron chi connectivity index (χ3n) is 7.57. The molecule has 0 bridgehead atoms. The van der Waals surface area contributed by atoms with Crippen molar-refractivity contribution in [2.45, 2.75) is 45.2 Å². The Morgan fingerprint density at radius 2 is 1.55 bits per heavy atom. The summed E-state index contributed by atoms with van der Waals surface area (Å²) < 4.78 is 6.14. The van der Waals surface area contributed by atoms with Gasteiger partial charge in [-0.15, -0.1) is 0 Å². The summed E-state index contributed by atoms with van der Waals surface area (Å²) in [6.07, 6.45) is 4.97. The average molecular weight is 596 g/mol. The SMILES string of the molecule is CC(C)C[C@H](NC(=O)c1ccc(NC(=O)[C@@H](N)Cc2c[nH]c3ccccc23)c(OCCc2c[nH]c3ccccc23)c1)C(=O)O. The van der Waals surface area contributed by atoms with Gasteiger partial charge in [0.25, 0.3) is 5.91 Å². The molecule has 7 N–H and O–H groups in total. The molecule has 44 heavy (non-hydrogen) atoms. The minimum absolute atomic E-state index is 0.0749. The van der Waals surface area contributed by atoms with Crippen molar-refractivity contribution in [1.82, 2.24) is 15.3 Å². The number of ether oxygens (including phenoxy) is 1. The Kier molecular flexibility index (Phi) is 9.30. The molecule has 2 amide bonds. The van der Waals surface area contributed by atoms with E-state index in [0.717, 1.165) is 32.9 Å². The fraction of sp³-hybridized carbons (Fsp3) is 0.265. The van der Waals surface area contributed by atoms with Gasteiger partial charge in [0.1, 0.15) is 11.8 Å². The number of carbonyl (C=O) groups excluding carboxylic acids is 2. The van der Waals surface area contributed by atoms with E-state index >= 15 is 0 Å². The first-order chi connectivity index (χ1) is 21.2. The van der Waals surface area contributed by atoms with Crippen molar-refractivity contribution in [3.05, 3.63) is 95.8 Å². The van der Waals surface area contributed by atoms with E-state index in [2.05, 4.69) is 20.6 Å². The molecule has 5 aromatic rings. The van der Waals surface area contributed by atoms with Crippen molar-refractivity contribution in [2.24, 2.45) is 11.7 Å². The molecule has 0 aliphatic heterocycles. The number of hydrogen-bond acceptors (Lipinski definition) is 5. The average Bonchev–Trinajstić information content (AvgIpc) is 3.61. The lowest BCUT2D eigenvalue weighted by atomic mass is 10.0. The van der Waals surface area contributed by atoms with Crippen LogP contribution in [0.5, 0.6) is 5.75 Å². The maximum Gasteiger partial charge on any atom is 0.326 e. The quantitative estimate of drug-likeness (QED) is 0.112. The second-order valence-corrected chi connectivity index (χ2v) is 11.3. The largest absolute Gasteiger partial charge is 0.491 e. The zero-order chi connectivity index (χ0) is 31.2. The van der Waals surface area contributed by atoms with E-state index < -0.39 is 29.9 Å². The van der Waals surface area contributed by atoms with Gasteiger partial charge in [-0.05, 0) is 60.2 Å². The molecule has 2 heterocycles. The van der Waals surface area contributed by atoms with Gasteiger partial charge in [0.2, 0.25) is 5.91 Å². The molecule has 3 aromatic carbocycles. The molecule has 0 saturated heterocycles. The summed E-state index contributed by atoms with van der Waals surface area (Å²) in [5, 5.41) is 17.2. The van der Waals surface area contributed by atoms with E-state index in [-0.39, 0.29) is 30.3 Å². The van der Waals surface area contributed by atoms with Crippen molar-refractivity contribution in [3.63, 3.8) is 0 Å². The third kappa shape index (κ3) is 7.09. The number of carboxylic acids is 1. The van der Waals surface area contributed by atoms with Gasteiger partial charge in [0.05, 0.1) is 18.3 Å². The number of hydrogen-bond donors (Lipinski definition) is 6. The number of amides is 2. The van der Waals surface area contributed by atoms with Gasteiger partial charge < -0.3 is 36.2 Å². The normalized spacial score (nSPS) is 12.7. The number of H-pyrrole nitrogens is 2. The van der Waals surface area contributed by atoms with E-state index in [1.807, 2.05) is 74.8 Å².